The topological polar surface area (TPSA) is 79.4 Å². The third kappa shape index (κ3) is 5.16. The number of carbonyl (C=O) groups excluding carboxylic acids is 1. The summed E-state index contributed by atoms with van der Waals surface area (Å²) < 4.78 is 27.9. The molecule has 0 fully saturated rings. The molecule has 0 aliphatic rings. The molecule has 0 radical (unpaired) electrons. The Morgan fingerprint density at radius 3 is 1.97 bits per heavy atom. The number of nitrogens with zero attached hydrogens (tertiary/aromatic N) is 2. The van der Waals surface area contributed by atoms with Crippen molar-refractivity contribution >= 4 is 27.3 Å². The highest BCUT2D eigenvalue weighted by Gasteiger charge is 2.28. The molecule has 32 heavy (non-hydrogen) atoms. The summed E-state index contributed by atoms with van der Waals surface area (Å²) in [6.45, 7) is 7.91. The van der Waals surface area contributed by atoms with Crippen LogP contribution in [0.5, 0.6) is 0 Å². The van der Waals surface area contributed by atoms with Gasteiger partial charge in [0, 0.05) is 18.1 Å². The maximum absolute atomic E-state index is 13.4. The molecule has 1 aromatic heterocycles. The van der Waals surface area contributed by atoms with Gasteiger partial charge in [-0.1, -0.05) is 64.1 Å². The molecule has 3 rings (SSSR count). The predicted molar refractivity (Wildman–Crippen MR) is 128 cm³/mol. The summed E-state index contributed by atoms with van der Waals surface area (Å²) in [5, 5.41) is 3.00. The molecule has 0 saturated carbocycles. The molecular weight excluding hydrogens is 422 g/mol. The number of nitrogens with one attached hydrogen (secondary N) is 1. The lowest BCUT2D eigenvalue weighted by atomic mass is 9.92. The first-order valence-electron chi connectivity index (χ1n) is 10.6. The van der Waals surface area contributed by atoms with Gasteiger partial charge in [-0.3, -0.25) is 14.1 Å². The lowest BCUT2D eigenvalue weighted by Gasteiger charge is -2.25. The van der Waals surface area contributed by atoms with Gasteiger partial charge in [-0.05, 0) is 47.2 Å². The molecule has 1 amide bonds. The number of hydrogen-bond acceptors (Lipinski definition) is 4. The van der Waals surface area contributed by atoms with E-state index in [1.807, 2.05) is 18.2 Å². The van der Waals surface area contributed by atoms with Crippen LogP contribution in [0, 0.1) is 0 Å². The quantitative estimate of drug-likeness (QED) is 0.513. The fraction of sp³-hybridized carbons (Fsp3) is 0.280. The van der Waals surface area contributed by atoms with E-state index in [4.69, 9.17) is 0 Å². The molecule has 0 spiro atoms. The molecular formula is C25H29N3O3S. The second kappa shape index (κ2) is 9.96. The Hall–Kier alpha value is -3.19. The summed E-state index contributed by atoms with van der Waals surface area (Å²) in [5.74, 6) is -0.00183. The normalized spacial score (nSPS) is 11.6. The molecule has 3 aromatic rings. The molecule has 0 aliphatic carbocycles. The Balaban J connectivity index is 1.98. The first-order chi connectivity index (χ1) is 15.2. The van der Waals surface area contributed by atoms with Crippen LogP contribution in [0.25, 0.3) is 0 Å². The van der Waals surface area contributed by atoms with Gasteiger partial charge < -0.3 is 5.32 Å². The monoisotopic (exact) mass is 451 g/mol. The zero-order chi connectivity index (χ0) is 23.3. The summed E-state index contributed by atoms with van der Waals surface area (Å²) in [6.07, 6.45) is 3.01. The molecule has 0 aliphatic heterocycles. The van der Waals surface area contributed by atoms with Gasteiger partial charge in [0.25, 0.3) is 10.0 Å². The molecule has 1 heterocycles. The highest BCUT2D eigenvalue weighted by Crippen LogP contribution is 2.32. The van der Waals surface area contributed by atoms with Crippen molar-refractivity contribution in [1.82, 2.24) is 4.98 Å². The van der Waals surface area contributed by atoms with E-state index in [1.54, 1.807) is 30.3 Å². The minimum Gasteiger partial charge on any atom is -0.324 e. The Morgan fingerprint density at radius 1 is 0.875 bits per heavy atom. The molecule has 1 N–H and O–H groups in total. The van der Waals surface area contributed by atoms with Crippen LogP contribution in [-0.2, 0) is 14.8 Å². The van der Waals surface area contributed by atoms with Gasteiger partial charge in [0.1, 0.15) is 6.54 Å². The number of amides is 1. The van der Waals surface area contributed by atoms with E-state index < -0.39 is 15.9 Å². The summed E-state index contributed by atoms with van der Waals surface area (Å²) in [7, 11) is -3.95. The number of aromatic nitrogens is 1. The van der Waals surface area contributed by atoms with Crippen molar-refractivity contribution in [2.75, 3.05) is 16.2 Å². The van der Waals surface area contributed by atoms with Crippen molar-refractivity contribution in [2.45, 2.75) is 44.4 Å². The van der Waals surface area contributed by atoms with E-state index in [9.17, 15) is 13.2 Å². The minimum atomic E-state index is -3.95. The maximum Gasteiger partial charge on any atom is 0.264 e. The van der Waals surface area contributed by atoms with Gasteiger partial charge in [-0.15, -0.1) is 0 Å². The Labute approximate surface area is 190 Å². The van der Waals surface area contributed by atoms with Gasteiger partial charge in [-0.25, -0.2) is 8.42 Å². The van der Waals surface area contributed by atoms with Crippen LogP contribution in [-0.4, -0.2) is 25.9 Å². The van der Waals surface area contributed by atoms with Crippen LogP contribution in [0.15, 0.2) is 78.0 Å². The van der Waals surface area contributed by atoms with E-state index in [0.717, 1.165) is 21.1 Å². The Morgan fingerprint density at radius 2 is 1.44 bits per heavy atom. The van der Waals surface area contributed by atoms with Crippen molar-refractivity contribution in [1.29, 1.82) is 0 Å². The average Bonchev–Trinajstić information content (AvgIpc) is 2.78. The smallest absolute Gasteiger partial charge is 0.264 e. The highest BCUT2D eigenvalue weighted by atomic mass is 32.2. The predicted octanol–water partition coefficient (Wildman–Crippen LogP) is 5.16. The first kappa shape index (κ1) is 23.5. The third-order valence-corrected chi connectivity index (χ3v) is 6.99. The minimum absolute atomic E-state index is 0.120. The average molecular weight is 452 g/mol. The van der Waals surface area contributed by atoms with Gasteiger partial charge in [0.2, 0.25) is 5.91 Å². The molecule has 2 aromatic carbocycles. The van der Waals surface area contributed by atoms with Crippen LogP contribution in [0.1, 0.15) is 50.7 Å². The molecule has 168 valence electrons. The van der Waals surface area contributed by atoms with Crippen molar-refractivity contribution < 1.29 is 13.2 Å². The van der Waals surface area contributed by atoms with E-state index >= 15 is 0 Å². The molecule has 0 unspecified atom stereocenters. The van der Waals surface area contributed by atoms with Crippen LogP contribution in [0.3, 0.4) is 0 Å². The number of pyridine rings is 1. The van der Waals surface area contributed by atoms with E-state index in [0.29, 0.717) is 5.69 Å². The number of para-hydroxylation sites is 1. The summed E-state index contributed by atoms with van der Waals surface area (Å²) >= 11 is 0. The molecule has 0 atom stereocenters. The van der Waals surface area contributed by atoms with Crippen molar-refractivity contribution in [3.8, 4) is 0 Å². The highest BCUT2D eigenvalue weighted by molar-refractivity contribution is 7.92. The fourth-order valence-electron chi connectivity index (χ4n) is 3.55. The fourth-order valence-corrected chi connectivity index (χ4v) is 4.99. The van der Waals surface area contributed by atoms with E-state index in [2.05, 4.69) is 38.0 Å². The summed E-state index contributed by atoms with van der Waals surface area (Å²) in [6, 6.07) is 17.2. The van der Waals surface area contributed by atoms with Gasteiger partial charge in [0.15, 0.2) is 0 Å². The zero-order valence-corrected chi connectivity index (χ0v) is 19.6. The second-order valence-corrected chi connectivity index (χ2v) is 10.1. The van der Waals surface area contributed by atoms with Gasteiger partial charge in [-0.2, -0.15) is 0 Å². The van der Waals surface area contributed by atoms with Crippen LogP contribution in [0.2, 0.25) is 0 Å². The van der Waals surface area contributed by atoms with Gasteiger partial charge in [0.05, 0.1) is 10.6 Å². The SMILES string of the molecule is CC(C)c1cccc(C(C)C)c1NC(=O)CN(c1ccncc1)S(=O)(=O)c1ccccc1. The van der Waals surface area contributed by atoms with Crippen molar-refractivity contribution in [3.63, 3.8) is 0 Å². The Bertz CT molecular complexity index is 1140. The van der Waals surface area contributed by atoms with Crippen molar-refractivity contribution in [3.05, 3.63) is 84.2 Å². The van der Waals surface area contributed by atoms with Crippen LogP contribution >= 0.6 is 0 Å². The number of carbonyl (C=O) groups is 1. The standard InChI is InChI=1S/C25H29N3O3S/c1-18(2)22-11-8-12-23(19(3)4)25(22)27-24(29)17-28(20-13-15-26-16-14-20)32(30,31)21-9-6-5-7-10-21/h5-16,18-19H,17H2,1-4H3,(H,27,29). The zero-order valence-electron chi connectivity index (χ0n) is 18.8. The maximum atomic E-state index is 13.4. The number of rotatable bonds is 8. The summed E-state index contributed by atoms with van der Waals surface area (Å²) in [4.78, 5) is 17.3. The molecule has 0 bridgehead atoms. The molecule has 6 nitrogen and oxygen atoms in total. The molecule has 0 saturated heterocycles. The van der Waals surface area contributed by atoms with E-state index in [-0.39, 0.29) is 23.3 Å². The largest absolute Gasteiger partial charge is 0.324 e. The Kier molecular flexibility index (Phi) is 7.30. The summed E-state index contributed by atoms with van der Waals surface area (Å²) in [5.41, 5.74) is 3.17. The number of benzene rings is 2. The third-order valence-electron chi connectivity index (χ3n) is 5.21. The van der Waals surface area contributed by atoms with Crippen LogP contribution < -0.4 is 9.62 Å². The number of anilines is 2. The number of hydrogen-bond donors (Lipinski definition) is 1. The van der Waals surface area contributed by atoms with E-state index in [1.165, 1.54) is 24.5 Å². The lowest BCUT2D eigenvalue weighted by molar-refractivity contribution is -0.114. The number of sulfonamides is 1. The lowest BCUT2D eigenvalue weighted by Crippen LogP contribution is -2.38. The first-order valence-corrected chi connectivity index (χ1v) is 12.1. The molecule has 7 heteroatoms. The van der Waals surface area contributed by atoms with Gasteiger partial charge >= 0.3 is 0 Å². The van der Waals surface area contributed by atoms with Crippen LogP contribution in [0.4, 0.5) is 11.4 Å². The second-order valence-electron chi connectivity index (χ2n) is 8.20. The van der Waals surface area contributed by atoms with Crippen molar-refractivity contribution in [2.24, 2.45) is 0 Å².